The zero-order chi connectivity index (χ0) is 10.7. The second-order valence-electron chi connectivity index (χ2n) is 2.21. The molecule has 1 aliphatic rings. The van der Waals surface area contributed by atoms with Gasteiger partial charge < -0.3 is 5.32 Å². The largest absolute Gasteiger partial charge is 0.365 e. The molecule has 1 rings (SSSR count). The number of nitrogens with zero attached hydrogens (tertiary/aromatic N) is 3. The number of aliphatic imine (C=N–C) groups is 2. The van der Waals surface area contributed by atoms with E-state index in [0.717, 1.165) is 0 Å². The van der Waals surface area contributed by atoms with E-state index in [9.17, 15) is 8.78 Å². The van der Waals surface area contributed by atoms with E-state index in [-0.39, 0.29) is 11.3 Å². The highest BCUT2D eigenvalue weighted by molar-refractivity contribution is 6.65. The fourth-order valence-electron chi connectivity index (χ4n) is 0.784. The average Bonchev–Trinajstić information content (AvgIpc) is 2.10. The monoisotopic (exact) mass is 227 g/mol. The van der Waals surface area contributed by atoms with Crippen LogP contribution in [-0.4, -0.2) is 36.3 Å². The van der Waals surface area contributed by atoms with Crippen LogP contribution < -0.4 is 11.1 Å². The fraction of sp³-hybridized carbons (Fsp3) is 0.600. The number of hydrogen-bond acceptors (Lipinski definition) is 4. The number of halogens is 3. The van der Waals surface area contributed by atoms with E-state index in [1.54, 1.807) is 0 Å². The Labute approximate surface area is 83.3 Å². The Morgan fingerprint density at radius 2 is 2.43 bits per heavy atom. The fourth-order valence-corrected chi connectivity index (χ4v) is 1.01. The van der Waals surface area contributed by atoms with E-state index in [4.69, 9.17) is 17.3 Å². The van der Waals surface area contributed by atoms with Crippen molar-refractivity contribution in [1.29, 1.82) is 0 Å². The Morgan fingerprint density at radius 3 is 2.86 bits per heavy atom. The van der Waals surface area contributed by atoms with Gasteiger partial charge in [0.05, 0.1) is 0 Å². The van der Waals surface area contributed by atoms with Crippen LogP contribution >= 0.6 is 11.6 Å². The van der Waals surface area contributed by atoms with Crippen molar-refractivity contribution in [3.63, 3.8) is 0 Å². The van der Waals surface area contributed by atoms with Gasteiger partial charge in [-0.15, -0.1) is 0 Å². The molecule has 0 saturated heterocycles. The lowest BCUT2D eigenvalue weighted by Gasteiger charge is -2.31. The van der Waals surface area contributed by atoms with Crippen LogP contribution in [0.4, 0.5) is 8.78 Å². The standard InChI is InChI=1S/C5H8ClF2N5O/c1-10-5-11-2(6)13(4(9)12-5)14-3(7)8/h3-4H,9H2,1H3,(H,10,12). The second-order valence-corrected chi connectivity index (χ2v) is 2.55. The minimum atomic E-state index is -3.02. The quantitative estimate of drug-likeness (QED) is 0.645. The molecule has 9 heteroatoms. The smallest absolute Gasteiger partial charge is 0.320 e. The van der Waals surface area contributed by atoms with Gasteiger partial charge in [-0.2, -0.15) is 23.7 Å². The number of hydrogen-bond donors (Lipinski definition) is 2. The maximum absolute atomic E-state index is 11.9. The Bertz CT molecular complexity index is 271. The molecule has 0 saturated carbocycles. The van der Waals surface area contributed by atoms with E-state index in [1.807, 2.05) is 0 Å². The van der Waals surface area contributed by atoms with Crippen molar-refractivity contribution < 1.29 is 13.6 Å². The Hall–Kier alpha value is -0.990. The van der Waals surface area contributed by atoms with Crippen molar-refractivity contribution >= 4 is 22.9 Å². The van der Waals surface area contributed by atoms with Gasteiger partial charge in [-0.05, 0) is 11.6 Å². The first-order chi connectivity index (χ1) is 6.54. The molecule has 6 nitrogen and oxygen atoms in total. The summed E-state index contributed by atoms with van der Waals surface area (Å²) in [6.07, 6.45) is -1.05. The Balaban J connectivity index is 2.77. The van der Waals surface area contributed by atoms with Gasteiger partial charge in [0, 0.05) is 7.05 Å². The summed E-state index contributed by atoms with van der Waals surface area (Å²) in [5.74, 6) is 0.150. The number of alkyl halides is 2. The van der Waals surface area contributed by atoms with Gasteiger partial charge in [0.25, 0.3) is 0 Å². The zero-order valence-corrected chi connectivity index (χ0v) is 7.87. The number of hydroxylamine groups is 2. The van der Waals surface area contributed by atoms with E-state index < -0.39 is 12.9 Å². The third kappa shape index (κ3) is 2.50. The predicted molar refractivity (Wildman–Crippen MR) is 46.7 cm³/mol. The average molecular weight is 228 g/mol. The molecule has 14 heavy (non-hydrogen) atoms. The van der Waals surface area contributed by atoms with Crippen LogP contribution in [0.15, 0.2) is 9.98 Å². The lowest BCUT2D eigenvalue weighted by molar-refractivity contribution is -0.263. The maximum atomic E-state index is 11.9. The van der Waals surface area contributed by atoms with Crippen LogP contribution in [0, 0.1) is 0 Å². The topological polar surface area (TPSA) is 75.2 Å². The lowest BCUT2D eigenvalue weighted by Crippen LogP contribution is -2.58. The van der Waals surface area contributed by atoms with Gasteiger partial charge in [-0.25, -0.2) is 0 Å². The molecule has 0 radical (unpaired) electrons. The molecule has 0 aliphatic carbocycles. The molecule has 1 heterocycles. The van der Waals surface area contributed by atoms with Gasteiger partial charge in [0.2, 0.25) is 11.3 Å². The van der Waals surface area contributed by atoms with Crippen molar-refractivity contribution in [2.45, 2.75) is 12.9 Å². The lowest BCUT2D eigenvalue weighted by atomic mass is 10.7. The van der Waals surface area contributed by atoms with Gasteiger partial charge in [-0.1, -0.05) is 0 Å². The molecule has 0 aromatic heterocycles. The molecule has 0 amide bonds. The molecule has 3 N–H and O–H groups in total. The van der Waals surface area contributed by atoms with Gasteiger partial charge in [-0.3, -0.25) is 10.7 Å². The summed E-state index contributed by atoms with van der Waals surface area (Å²) in [5, 5.41) is 2.72. The molecule has 1 atom stereocenters. The molecule has 0 fully saturated rings. The minimum Gasteiger partial charge on any atom is -0.320 e. The first-order valence-electron chi connectivity index (χ1n) is 3.52. The van der Waals surface area contributed by atoms with E-state index in [0.29, 0.717) is 5.06 Å². The molecule has 1 aliphatic heterocycles. The van der Waals surface area contributed by atoms with Crippen LogP contribution in [0.25, 0.3) is 0 Å². The van der Waals surface area contributed by atoms with Gasteiger partial charge in [0.15, 0.2) is 6.29 Å². The summed E-state index contributed by atoms with van der Waals surface area (Å²) < 4.78 is 23.7. The van der Waals surface area contributed by atoms with Crippen molar-refractivity contribution in [2.75, 3.05) is 7.05 Å². The first-order valence-corrected chi connectivity index (χ1v) is 3.89. The van der Waals surface area contributed by atoms with E-state index in [1.165, 1.54) is 7.05 Å². The van der Waals surface area contributed by atoms with Crippen LogP contribution in [0.5, 0.6) is 0 Å². The summed E-state index contributed by atoms with van der Waals surface area (Å²) in [6.45, 7) is -3.02. The highest BCUT2D eigenvalue weighted by Gasteiger charge is 2.27. The number of nitrogens with one attached hydrogen (secondary N) is 1. The van der Waals surface area contributed by atoms with Crippen molar-refractivity contribution in [2.24, 2.45) is 15.7 Å². The molecule has 0 spiro atoms. The van der Waals surface area contributed by atoms with Crippen LogP contribution in [0.2, 0.25) is 0 Å². The summed E-state index contributed by atoms with van der Waals surface area (Å²) in [4.78, 5) is 11.2. The van der Waals surface area contributed by atoms with Gasteiger partial charge >= 0.3 is 6.61 Å². The second kappa shape index (κ2) is 4.49. The zero-order valence-electron chi connectivity index (χ0n) is 7.12. The number of rotatable bonds is 2. The highest BCUT2D eigenvalue weighted by atomic mass is 35.5. The Kier molecular flexibility index (Phi) is 3.55. The van der Waals surface area contributed by atoms with E-state index in [2.05, 4.69) is 20.1 Å². The predicted octanol–water partition coefficient (Wildman–Crippen LogP) is -0.131. The minimum absolute atomic E-state index is 0.150. The molecule has 1 unspecified atom stereocenters. The molecule has 0 aromatic carbocycles. The van der Waals surface area contributed by atoms with Crippen LogP contribution in [0.1, 0.15) is 0 Å². The highest BCUT2D eigenvalue weighted by Crippen LogP contribution is 2.09. The van der Waals surface area contributed by atoms with Crippen LogP contribution in [-0.2, 0) is 4.84 Å². The van der Waals surface area contributed by atoms with Crippen molar-refractivity contribution in [1.82, 2.24) is 10.4 Å². The van der Waals surface area contributed by atoms with Crippen molar-refractivity contribution in [3.05, 3.63) is 0 Å². The number of guanidine groups is 1. The first kappa shape index (κ1) is 11.1. The summed E-state index contributed by atoms with van der Waals surface area (Å²) in [7, 11) is 1.45. The number of amidine groups is 1. The molecular formula is C5H8ClF2N5O. The summed E-state index contributed by atoms with van der Waals surface area (Å²) >= 11 is 5.51. The summed E-state index contributed by atoms with van der Waals surface area (Å²) in [6, 6.07) is 0. The third-order valence-corrected chi connectivity index (χ3v) is 1.57. The van der Waals surface area contributed by atoms with Gasteiger partial charge in [0.1, 0.15) is 0 Å². The van der Waals surface area contributed by atoms with Crippen LogP contribution in [0.3, 0.4) is 0 Å². The maximum Gasteiger partial charge on any atom is 0.365 e. The molecule has 80 valence electrons. The normalized spacial score (nSPS) is 25.3. The number of nitrogens with two attached hydrogens (primary N) is 1. The SMILES string of the molecule is CN=C1N=C(Cl)N(OC(F)F)C(N)N1. The van der Waals surface area contributed by atoms with E-state index >= 15 is 0 Å². The third-order valence-electron chi connectivity index (χ3n) is 1.31. The summed E-state index contributed by atoms with van der Waals surface area (Å²) in [5.41, 5.74) is 5.39. The Morgan fingerprint density at radius 1 is 1.79 bits per heavy atom. The van der Waals surface area contributed by atoms with Crippen molar-refractivity contribution in [3.8, 4) is 0 Å². The molecular weight excluding hydrogens is 220 g/mol. The molecule has 0 aromatic rings. The molecule has 0 bridgehead atoms.